The number of hydrogen-bond donors (Lipinski definition) is 1. The van der Waals surface area contributed by atoms with Crippen LogP contribution in [-0.4, -0.2) is 16.7 Å². The van der Waals surface area contributed by atoms with Gasteiger partial charge in [0.05, 0.1) is 28.9 Å². The minimum absolute atomic E-state index is 0.241. The molecule has 3 aromatic rings. The number of fused-ring (bicyclic) bond motifs is 1. The molecule has 2 aromatic carbocycles. The average Bonchev–Trinajstić information content (AvgIpc) is 2.75. The van der Waals surface area contributed by atoms with Crippen LogP contribution in [0.4, 0.5) is 10.3 Å². The van der Waals surface area contributed by atoms with E-state index in [1.807, 2.05) is 0 Å². The maximum absolute atomic E-state index is 13.7. The van der Waals surface area contributed by atoms with Crippen LogP contribution in [0.25, 0.3) is 16.7 Å². The van der Waals surface area contributed by atoms with Crippen molar-refractivity contribution in [3.05, 3.63) is 46.7 Å². The number of aryl methyl sites for hydroxylation is 1. The highest BCUT2D eigenvalue weighted by atomic mass is 35.5. The highest BCUT2D eigenvalue weighted by Crippen LogP contribution is 2.31. The lowest BCUT2D eigenvalue weighted by Crippen LogP contribution is -2.02. The molecule has 0 unspecified atom stereocenters. The SMILES string of the molecule is COc1ccc(Cl)c(-n2c(N)nc3cc(F)c(C)cc32)c1. The maximum Gasteiger partial charge on any atom is 0.205 e. The molecule has 0 aliphatic rings. The van der Waals surface area contributed by atoms with Gasteiger partial charge in [0.1, 0.15) is 11.6 Å². The molecule has 0 saturated heterocycles. The van der Waals surface area contributed by atoms with Crippen LogP contribution in [0.15, 0.2) is 30.3 Å². The molecule has 0 amide bonds. The van der Waals surface area contributed by atoms with Gasteiger partial charge in [-0.2, -0.15) is 0 Å². The molecule has 4 nitrogen and oxygen atoms in total. The summed E-state index contributed by atoms with van der Waals surface area (Å²) in [4.78, 5) is 4.19. The zero-order valence-electron chi connectivity index (χ0n) is 11.5. The first kappa shape index (κ1) is 13.7. The number of ether oxygens (including phenoxy) is 1. The van der Waals surface area contributed by atoms with Gasteiger partial charge in [0.15, 0.2) is 0 Å². The number of halogens is 2. The summed E-state index contributed by atoms with van der Waals surface area (Å²) in [5, 5.41) is 0.503. The summed E-state index contributed by atoms with van der Waals surface area (Å²) in [6.45, 7) is 1.69. The van der Waals surface area contributed by atoms with Crippen molar-refractivity contribution in [3.8, 4) is 11.4 Å². The van der Waals surface area contributed by atoms with Crippen LogP contribution < -0.4 is 10.5 Å². The monoisotopic (exact) mass is 305 g/mol. The van der Waals surface area contributed by atoms with Crippen LogP contribution in [-0.2, 0) is 0 Å². The minimum atomic E-state index is -0.316. The van der Waals surface area contributed by atoms with E-state index in [4.69, 9.17) is 22.1 Å². The number of nitrogen functional groups attached to an aromatic ring is 1. The Morgan fingerprint density at radius 3 is 2.76 bits per heavy atom. The minimum Gasteiger partial charge on any atom is -0.497 e. The Hall–Kier alpha value is -2.27. The first-order valence-electron chi connectivity index (χ1n) is 6.29. The number of anilines is 1. The third kappa shape index (κ3) is 2.19. The van der Waals surface area contributed by atoms with Crippen molar-refractivity contribution in [1.29, 1.82) is 0 Å². The van der Waals surface area contributed by atoms with E-state index < -0.39 is 0 Å². The van der Waals surface area contributed by atoms with Crippen LogP contribution in [0.3, 0.4) is 0 Å². The molecule has 0 aliphatic carbocycles. The van der Waals surface area contributed by atoms with Crippen molar-refractivity contribution in [1.82, 2.24) is 9.55 Å². The number of benzene rings is 2. The first-order valence-corrected chi connectivity index (χ1v) is 6.67. The number of imidazole rings is 1. The summed E-state index contributed by atoms with van der Waals surface area (Å²) in [6, 6.07) is 8.30. The van der Waals surface area contributed by atoms with E-state index in [2.05, 4.69) is 4.98 Å². The van der Waals surface area contributed by atoms with Gasteiger partial charge in [0.2, 0.25) is 5.95 Å². The van der Waals surface area contributed by atoms with Gasteiger partial charge in [0.25, 0.3) is 0 Å². The quantitative estimate of drug-likeness (QED) is 0.785. The Kier molecular flexibility index (Phi) is 3.22. The third-order valence-corrected chi connectivity index (χ3v) is 3.67. The van der Waals surface area contributed by atoms with Crippen molar-refractivity contribution in [2.24, 2.45) is 0 Å². The molecular formula is C15H13ClFN3O. The molecule has 0 atom stereocenters. The topological polar surface area (TPSA) is 53.1 Å². The van der Waals surface area contributed by atoms with Crippen molar-refractivity contribution >= 4 is 28.6 Å². The molecular weight excluding hydrogens is 293 g/mol. The van der Waals surface area contributed by atoms with E-state index in [1.165, 1.54) is 6.07 Å². The number of rotatable bonds is 2. The summed E-state index contributed by atoms with van der Waals surface area (Å²) in [5.74, 6) is 0.573. The molecule has 0 fully saturated rings. The standard InChI is InChI=1S/C15H13ClFN3O/c1-8-5-14-12(7-11(8)17)19-15(18)20(14)13-6-9(21-2)3-4-10(13)16/h3-7H,1-2H3,(H2,18,19). The van der Waals surface area contributed by atoms with Crippen LogP contribution in [0.2, 0.25) is 5.02 Å². The number of hydrogen-bond acceptors (Lipinski definition) is 3. The van der Waals surface area contributed by atoms with E-state index >= 15 is 0 Å². The van der Waals surface area contributed by atoms with Crippen molar-refractivity contribution < 1.29 is 9.13 Å². The normalized spacial score (nSPS) is 11.0. The van der Waals surface area contributed by atoms with Crippen LogP contribution in [0.5, 0.6) is 5.75 Å². The molecule has 1 heterocycles. The first-order chi connectivity index (χ1) is 10.0. The molecule has 2 N–H and O–H groups in total. The van der Waals surface area contributed by atoms with Gasteiger partial charge in [-0.15, -0.1) is 0 Å². The van der Waals surface area contributed by atoms with Gasteiger partial charge in [-0.3, -0.25) is 4.57 Å². The molecule has 0 radical (unpaired) electrons. The lowest BCUT2D eigenvalue weighted by Gasteiger charge is -2.11. The van der Waals surface area contributed by atoms with Gasteiger partial charge in [0, 0.05) is 12.1 Å². The van der Waals surface area contributed by atoms with Crippen LogP contribution in [0, 0.1) is 12.7 Å². The Bertz CT molecular complexity index is 845. The fourth-order valence-electron chi connectivity index (χ4n) is 2.27. The fraction of sp³-hybridized carbons (Fsp3) is 0.133. The zero-order chi connectivity index (χ0) is 15.1. The Balaban J connectivity index is 2.34. The highest BCUT2D eigenvalue weighted by Gasteiger charge is 2.15. The summed E-state index contributed by atoms with van der Waals surface area (Å²) >= 11 is 6.25. The van der Waals surface area contributed by atoms with Crippen LogP contribution >= 0.6 is 11.6 Å². The smallest absolute Gasteiger partial charge is 0.205 e. The van der Waals surface area contributed by atoms with E-state index in [9.17, 15) is 4.39 Å². The van der Waals surface area contributed by atoms with Crippen molar-refractivity contribution in [2.45, 2.75) is 6.92 Å². The van der Waals surface area contributed by atoms with Gasteiger partial charge >= 0.3 is 0 Å². The summed E-state index contributed by atoms with van der Waals surface area (Å²) in [6.07, 6.45) is 0. The van der Waals surface area contributed by atoms with E-state index in [0.717, 1.165) is 0 Å². The molecule has 0 saturated carbocycles. The molecule has 6 heteroatoms. The number of methoxy groups -OCH3 is 1. The second kappa shape index (κ2) is 4.93. The number of nitrogens with zero attached hydrogens (tertiary/aromatic N) is 2. The molecule has 21 heavy (non-hydrogen) atoms. The molecule has 0 spiro atoms. The third-order valence-electron chi connectivity index (χ3n) is 3.36. The predicted molar refractivity (Wildman–Crippen MR) is 81.7 cm³/mol. The van der Waals surface area contributed by atoms with E-state index in [0.29, 0.717) is 33.1 Å². The fourth-order valence-corrected chi connectivity index (χ4v) is 2.47. The highest BCUT2D eigenvalue weighted by molar-refractivity contribution is 6.32. The van der Waals surface area contributed by atoms with Crippen molar-refractivity contribution in [3.63, 3.8) is 0 Å². The van der Waals surface area contributed by atoms with E-state index in [-0.39, 0.29) is 11.8 Å². The summed E-state index contributed by atoms with van der Waals surface area (Å²) in [5.41, 5.74) is 8.31. The Labute approximate surface area is 125 Å². The molecule has 0 bridgehead atoms. The number of aromatic nitrogens is 2. The van der Waals surface area contributed by atoms with Gasteiger partial charge < -0.3 is 10.5 Å². The molecule has 0 aliphatic heterocycles. The zero-order valence-corrected chi connectivity index (χ0v) is 12.3. The molecule has 108 valence electrons. The van der Waals surface area contributed by atoms with Crippen LogP contribution in [0.1, 0.15) is 5.56 Å². The lowest BCUT2D eigenvalue weighted by atomic mass is 10.2. The number of nitrogens with two attached hydrogens (primary N) is 1. The summed E-state index contributed by atoms with van der Waals surface area (Å²) in [7, 11) is 1.57. The van der Waals surface area contributed by atoms with Gasteiger partial charge in [-0.1, -0.05) is 11.6 Å². The molecule has 3 rings (SSSR count). The Morgan fingerprint density at radius 2 is 2.05 bits per heavy atom. The summed E-state index contributed by atoms with van der Waals surface area (Å²) < 4.78 is 20.6. The lowest BCUT2D eigenvalue weighted by molar-refractivity contribution is 0.414. The second-order valence-electron chi connectivity index (χ2n) is 4.71. The Morgan fingerprint density at radius 1 is 1.29 bits per heavy atom. The largest absolute Gasteiger partial charge is 0.497 e. The maximum atomic E-state index is 13.7. The molecule has 1 aromatic heterocycles. The van der Waals surface area contributed by atoms with Gasteiger partial charge in [-0.25, -0.2) is 9.37 Å². The second-order valence-corrected chi connectivity index (χ2v) is 5.12. The average molecular weight is 306 g/mol. The van der Waals surface area contributed by atoms with E-state index in [1.54, 1.807) is 42.9 Å². The van der Waals surface area contributed by atoms with Crippen molar-refractivity contribution in [2.75, 3.05) is 12.8 Å². The predicted octanol–water partition coefficient (Wildman–Crippen LogP) is 3.72. The van der Waals surface area contributed by atoms with Gasteiger partial charge in [-0.05, 0) is 30.7 Å².